The summed E-state index contributed by atoms with van der Waals surface area (Å²) < 4.78 is 5.24. The molecule has 0 bridgehead atoms. The highest BCUT2D eigenvalue weighted by molar-refractivity contribution is 5.98. The maximum absolute atomic E-state index is 11.9. The molecule has 0 N–H and O–H groups in total. The van der Waals surface area contributed by atoms with Crippen molar-refractivity contribution in [1.29, 1.82) is 0 Å². The molecule has 0 fully saturated rings. The smallest absolute Gasteiger partial charge is 0.333 e. The number of ether oxygens (including phenoxy) is 1. The van der Waals surface area contributed by atoms with Gasteiger partial charge in [0.1, 0.15) is 5.60 Å². The molecule has 100 valence electrons. The van der Waals surface area contributed by atoms with Crippen molar-refractivity contribution in [2.75, 3.05) is 0 Å². The lowest BCUT2D eigenvalue weighted by Gasteiger charge is -2.23. The van der Waals surface area contributed by atoms with Gasteiger partial charge in [-0.1, -0.05) is 12.7 Å². The maximum atomic E-state index is 11.9. The second kappa shape index (κ2) is 5.51. The monoisotopic (exact) mass is 250 g/mol. The van der Waals surface area contributed by atoms with Crippen LogP contribution in [-0.4, -0.2) is 17.4 Å². The number of hydrogen-bond acceptors (Lipinski definition) is 3. The lowest BCUT2D eigenvalue weighted by Crippen LogP contribution is -2.27. The van der Waals surface area contributed by atoms with Gasteiger partial charge in [-0.3, -0.25) is 4.79 Å². The molecule has 0 spiro atoms. The van der Waals surface area contributed by atoms with Crippen LogP contribution >= 0.6 is 0 Å². The zero-order valence-corrected chi connectivity index (χ0v) is 11.7. The zero-order chi connectivity index (χ0) is 13.9. The highest BCUT2D eigenvalue weighted by Crippen LogP contribution is 2.26. The normalized spacial score (nSPS) is 20.3. The highest BCUT2D eigenvalue weighted by atomic mass is 16.6. The number of allylic oxidation sites excluding steroid dienone is 2. The van der Waals surface area contributed by atoms with E-state index in [4.69, 9.17) is 4.74 Å². The maximum Gasteiger partial charge on any atom is 0.333 e. The van der Waals surface area contributed by atoms with Gasteiger partial charge in [-0.25, -0.2) is 4.79 Å². The molecule has 0 heterocycles. The van der Waals surface area contributed by atoms with Crippen LogP contribution in [0.4, 0.5) is 0 Å². The predicted molar refractivity (Wildman–Crippen MR) is 71.1 cm³/mol. The Morgan fingerprint density at radius 3 is 2.67 bits per heavy atom. The summed E-state index contributed by atoms with van der Waals surface area (Å²) in [7, 11) is 0. The van der Waals surface area contributed by atoms with Gasteiger partial charge in [0.25, 0.3) is 0 Å². The van der Waals surface area contributed by atoms with Crippen molar-refractivity contribution in [3.05, 3.63) is 23.8 Å². The van der Waals surface area contributed by atoms with E-state index in [0.29, 0.717) is 12.0 Å². The SMILES string of the molecule is C=C(CC1CCC=C(C)C1=O)C(=O)OC(C)(C)C. The summed E-state index contributed by atoms with van der Waals surface area (Å²) in [5, 5.41) is 0. The van der Waals surface area contributed by atoms with E-state index in [1.165, 1.54) is 0 Å². The van der Waals surface area contributed by atoms with Gasteiger partial charge in [0.15, 0.2) is 5.78 Å². The van der Waals surface area contributed by atoms with Crippen LogP contribution in [0.5, 0.6) is 0 Å². The van der Waals surface area contributed by atoms with Crippen molar-refractivity contribution < 1.29 is 14.3 Å². The van der Waals surface area contributed by atoms with Crippen LogP contribution in [0.15, 0.2) is 23.8 Å². The van der Waals surface area contributed by atoms with Crippen molar-refractivity contribution in [3.8, 4) is 0 Å². The van der Waals surface area contributed by atoms with Crippen LogP contribution in [0, 0.1) is 5.92 Å². The second-order valence-electron chi connectivity index (χ2n) is 5.84. The van der Waals surface area contributed by atoms with Gasteiger partial charge in [-0.15, -0.1) is 0 Å². The average molecular weight is 250 g/mol. The molecule has 0 aromatic rings. The molecule has 18 heavy (non-hydrogen) atoms. The minimum atomic E-state index is -0.521. The summed E-state index contributed by atoms with van der Waals surface area (Å²) in [5.41, 5.74) is 0.660. The topological polar surface area (TPSA) is 43.4 Å². The summed E-state index contributed by atoms with van der Waals surface area (Å²) in [4.78, 5) is 23.7. The van der Waals surface area contributed by atoms with Gasteiger partial charge in [0, 0.05) is 11.5 Å². The third-order valence-electron chi connectivity index (χ3n) is 2.91. The van der Waals surface area contributed by atoms with E-state index >= 15 is 0 Å². The Bertz CT molecular complexity index is 396. The fraction of sp³-hybridized carbons (Fsp3) is 0.600. The van der Waals surface area contributed by atoms with Gasteiger partial charge in [0.2, 0.25) is 0 Å². The van der Waals surface area contributed by atoms with Crippen molar-refractivity contribution in [1.82, 2.24) is 0 Å². The molecular weight excluding hydrogens is 228 g/mol. The summed E-state index contributed by atoms with van der Waals surface area (Å²) in [5.74, 6) is -0.386. The van der Waals surface area contributed by atoms with Crippen molar-refractivity contribution in [3.63, 3.8) is 0 Å². The van der Waals surface area contributed by atoms with E-state index in [1.54, 1.807) is 0 Å². The molecule has 1 rings (SSSR count). The molecule has 0 saturated carbocycles. The van der Waals surface area contributed by atoms with Gasteiger partial charge in [0.05, 0.1) is 0 Å². The van der Waals surface area contributed by atoms with Crippen molar-refractivity contribution in [2.45, 2.75) is 52.6 Å². The molecule has 1 aliphatic carbocycles. The van der Waals surface area contributed by atoms with Crippen molar-refractivity contribution >= 4 is 11.8 Å². The van der Waals surface area contributed by atoms with E-state index in [0.717, 1.165) is 18.4 Å². The lowest BCUT2D eigenvalue weighted by atomic mass is 9.84. The van der Waals surface area contributed by atoms with Crippen LogP contribution in [0.25, 0.3) is 0 Å². The Balaban J connectivity index is 2.58. The van der Waals surface area contributed by atoms with E-state index < -0.39 is 11.6 Å². The average Bonchev–Trinajstić information content (AvgIpc) is 2.22. The fourth-order valence-electron chi connectivity index (χ4n) is 1.98. The standard InChI is InChI=1S/C15H22O3/c1-10-7-6-8-12(13(10)16)9-11(2)14(17)18-15(3,4)5/h7,12H,2,6,8-9H2,1,3-5H3. The Labute approximate surface area is 109 Å². The number of Topliss-reactive ketones (excluding diaryl/α,β-unsaturated/α-hetero) is 1. The third kappa shape index (κ3) is 4.13. The number of carbonyl (C=O) groups is 2. The minimum absolute atomic E-state index is 0.116. The van der Waals surface area contributed by atoms with Crippen LogP contribution in [0.2, 0.25) is 0 Å². The van der Waals surface area contributed by atoms with Crippen LogP contribution in [0.1, 0.15) is 47.0 Å². The first-order valence-corrected chi connectivity index (χ1v) is 6.33. The molecule has 0 radical (unpaired) electrons. The number of hydrogen-bond donors (Lipinski definition) is 0. The largest absolute Gasteiger partial charge is 0.457 e. The quantitative estimate of drug-likeness (QED) is 0.570. The Hall–Kier alpha value is -1.38. The molecule has 0 aromatic carbocycles. The first-order valence-electron chi connectivity index (χ1n) is 6.33. The van der Waals surface area contributed by atoms with E-state index in [9.17, 15) is 9.59 Å². The summed E-state index contributed by atoms with van der Waals surface area (Å²) in [6.07, 6.45) is 4.04. The van der Waals surface area contributed by atoms with Gasteiger partial charge >= 0.3 is 5.97 Å². The fourth-order valence-corrected chi connectivity index (χ4v) is 1.98. The van der Waals surface area contributed by atoms with Crippen LogP contribution in [0.3, 0.4) is 0 Å². The zero-order valence-electron chi connectivity index (χ0n) is 11.7. The molecule has 0 amide bonds. The number of rotatable bonds is 3. The van der Waals surface area contributed by atoms with Crippen LogP contribution < -0.4 is 0 Å². The molecule has 3 nitrogen and oxygen atoms in total. The Morgan fingerprint density at radius 2 is 2.11 bits per heavy atom. The molecular formula is C15H22O3. The number of ketones is 1. The van der Waals surface area contributed by atoms with Gasteiger partial charge in [-0.05, 0) is 52.5 Å². The number of esters is 1. The Morgan fingerprint density at radius 1 is 1.50 bits per heavy atom. The van der Waals surface area contributed by atoms with Crippen LogP contribution in [-0.2, 0) is 14.3 Å². The van der Waals surface area contributed by atoms with E-state index in [1.807, 2.05) is 33.8 Å². The van der Waals surface area contributed by atoms with Gasteiger partial charge < -0.3 is 4.74 Å². The first-order chi connectivity index (χ1) is 8.20. The van der Waals surface area contributed by atoms with E-state index in [2.05, 4.69) is 6.58 Å². The summed E-state index contributed by atoms with van der Waals surface area (Å²) >= 11 is 0. The van der Waals surface area contributed by atoms with Crippen molar-refractivity contribution in [2.24, 2.45) is 5.92 Å². The molecule has 0 aromatic heterocycles. The molecule has 0 saturated heterocycles. The second-order valence-corrected chi connectivity index (χ2v) is 5.84. The molecule has 0 aliphatic heterocycles. The Kier molecular flexibility index (Phi) is 4.49. The van der Waals surface area contributed by atoms with E-state index in [-0.39, 0.29) is 11.7 Å². The number of carbonyl (C=O) groups excluding carboxylic acids is 2. The summed E-state index contributed by atoms with van der Waals surface area (Å²) in [6, 6.07) is 0. The third-order valence-corrected chi connectivity index (χ3v) is 2.91. The lowest BCUT2D eigenvalue weighted by molar-refractivity contribution is -0.150. The first kappa shape index (κ1) is 14.7. The predicted octanol–water partition coefficient (Wildman–Crippen LogP) is 3.20. The molecule has 3 heteroatoms. The summed E-state index contributed by atoms with van der Waals surface area (Å²) in [6.45, 7) is 11.0. The van der Waals surface area contributed by atoms with Gasteiger partial charge in [-0.2, -0.15) is 0 Å². The highest BCUT2D eigenvalue weighted by Gasteiger charge is 2.26. The molecule has 1 unspecified atom stereocenters. The molecule has 1 aliphatic rings. The molecule has 1 atom stereocenters. The minimum Gasteiger partial charge on any atom is -0.457 e.